The zero-order chi connectivity index (χ0) is 14.5. The molecule has 0 unspecified atom stereocenters. The van der Waals surface area contributed by atoms with Crippen LogP contribution in [-0.4, -0.2) is 11.0 Å². The first-order valence-corrected chi connectivity index (χ1v) is 7.92. The van der Waals surface area contributed by atoms with Crippen LogP contribution in [0.3, 0.4) is 0 Å². The molecular weight excluding hydrogens is 386 g/mol. The Morgan fingerprint density at radius 1 is 1.15 bits per heavy atom. The third-order valence-electron chi connectivity index (χ3n) is 2.81. The van der Waals surface area contributed by atoms with Gasteiger partial charge in [0, 0.05) is 17.4 Å². The number of nitrogens with one attached hydrogen (secondary N) is 1. The number of phenolic OH excluding ortho intramolecular Hbond substituents is 1. The molecule has 2 rings (SSSR count). The molecule has 2 aromatic carbocycles. The lowest BCUT2D eigenvalue weighted by Crippen LogP contribution is -2.22. The number of halogens is 2. The number of alkyl halides is 1. The van der Waals surface area contributed by atoms with Gasteiger partial charge in [-0.25, -0.2) is 0 Å². The van der Waals surface area contributed by atoms with Crippen molar-refractivity contribution < 1.29 is 9.90 Å². The van der Waals surface area contributed by atoms with Gasteiger partial charge in [-0.15, -0.1) is 0 Å². The number of carbonyl (C=O) groups excluding carboxylic acids is 1. The van der Waals surface area contributed by atoms with Gasteiger partial charge in [0.15, 0.2) is 0 Å². The van der Waals surface area contributed by atoms with Crippen molar-refractivity contribution in [1.82, 2.24) is 5.32 Å². The highest BCUT2D eigenvalue weighted by Gasteiger charge is 2.08. The lowest BCUT2D eigenvalue weighted by atomic mass is 10.1. The molecule has 0 aliphatic rings. The first kappa shape index (κ1) is 15.1. The number of hydrogen-bond donors (Lipinski definition) is 2. The van der Waals surface area contributed by atoms with Crippen LogP contribution in [0, 0.1) is 0 Å². The van der Waals surface area contributed by atoms with E-state index in [1.54, 1.807) is 12.1 Å². The van der Waals surface area contributed by atoms with Gasteiger partial charge in [0.1, 0.15) is 5.75 Å². The van der Waals surface area contributed by atoms with Gasteiger partial charge in [-0.3, -0.25) is 4.79 Å². The molecule has 0 bridgehead atoms. The Balaban J connectivity index is 2.02. The van der Waals surface area contributed by atoms with Gasteiger partial charge < -0.3 is 10.4 Å². The molecule has 5 heteroatoms. The van der Waals surface area contributed by atoms with E-state index in [1.807, 2.05) is 24.3 Å². The van der Waals surface area contributed by atoms with Crippen LogP contribution in [0.5, 0.6) is 5.75 Å². The van der Waals surface area contributed by atoms with Gasteiger partial charge in [-0.05, 0) is 45.3 Å². The topological polar surface area (TPSA) is 49.3 Å². The summed E-state index contributed by atoms with van der Waals surface area (Å²) < 4.78 is 0.569. The van der Waals surface area contributed by atoms with Crippen LogP contribution in [0.1, 0.15) is 21.5 Å². The van der Waals surface area contributed by atoms with Crippen molar-refractivity contribution in [3.63, 3.8) is 0 Å². The normalized spacial score (nSPS) is 10.3. The third kappa shape index (κ3) is 3.84. The molecular formula is C15H13Br2NO2. The molecule has 0 heterocycles. The van der Waals surface area contributed by atoms with Gasteiger partial charge in [-0.1, -0.05) is 40.2 Å². The van der Waals surface area contributed by atoms with E-state index < -0.39 is 0 Å². The largest absolute Gasteiger partial charge is 0.507 e. The molecule has 0 atom stereocenters. The summed E-state index contributed by atoms with van der Waals surface area (Å²) in [4.78, 5) is 12.0. The summed E-state index contributed by atoms with van der Waals surface area (Å²) >= 11 is 6.59. The summed E-state index contributed by atoms with van der Waals surface area (Å²) in [6.07, 6.45) is 0. The second-order valence-corrected chi connectivity index (χ2v) is 5.72. The van der Waals surface area contributed by atoms with Crippen molar-refractivity contribution in [1.29, 1.82) is 0 Å². The molecule has 104 valence electrons. The van der Waals surface area contributed by atoms with Gasteiger partial charge in [0.25, 0.3) is 5.91 Å². The van der Waals surface area contributed by atoms with Crippen LogP contribution >= 0.6 is 31.9 Å². The molecule has 0 aliphatic heterocycles. The minimum absolute atomic E-state index is 0.0546. The van der Waals surface area contributed by atoms with Gasteiger partial charge in [0.05, 0.1) is 4.47 Å². The molecule has 0 radical (unpaired) electrons. The predicted molar refractivity (Wildman–Crippen MR) is 86.1 cm³/mol. The van der Waals surface area contributed by atoms with Crippen molar-refractivity contribution in [2.24, 2.45) is 0 Å². The highest BCUT2D eigenvalue weighted by Crippen LogP contribution is 2.24. The van der Waals surface area contributed by atoms with E-state index in [4.69, 9.17) is 0 Å². The van der Waals surface area contributed by atoms with E-state index in [2.05, 4.69) is 37.2 Å². The number of phenols is 1. The number of hydrogen-bond acceptors (Lipinski definition) is 2. The maximum atomic E-state index is 12.0. The zero-order valence-corrected chi connectivity index (χ0v) is 13.7. The summed E-state index contributed by atoms with van der Waals surface area (Å²) in [5.74, 6) is -0.156. The molecule has 3 nitrogen and oxygen atoms in total. The van der Waals surface area contributed by atoms with Crippen LogP contribution in [0.4, 0.5) is 0 Å². The summed E-state index contributed by atoms with van der Waals surface area (Å²) in [6, 6.07) is 12.7. The van der Waals surface area contributed by atoms with E-state index in [0.717, 1.165) is 16.5 Å². The maximum absolute atomic E-state index is 12.0. The first-order valence-electron chi connectivity index (χ1n) is 6.00. The van der Waals surface area contributed by atoms with E-state index in [0.29, 0.717) is 16.6 Å². The fourth-order valence-electron chi connectivity index (χ4n) is 1.76. The standard InChI is InChI=1S/C15H13Br2NO2/c16-8-10-2-1-3-11(6-10)9-18-15(20)12-4-5-13(17)14(19)7-12/h1-7,19H,8-9H2,(H,18,20). The molecule has 0 aliphatic carbocycles. The van der Waals surface area contributed by atoms with Crippen molar-refractivity contribution >= 4 is 37.8 Å². The third-order valence-corrected chi connectivity index (χ3v) is 4.13. The molecule has 0 fully saturated rings. The molecule has 0 spiro atoms. The summed E-state index contributed by atoms with van der Waals surface area (Å²) in [6.45, 7) is 0.455. The van der Waals surface area contributed by atoms with Gasteiger partial charge >= 0.3 is 0 Å². The molecule has 1 amide bonds. The van der Waals surface area contributed by atoms with Crippen molar-refractivity contribution in [3.05, 3.63) is 63.6 Å². The number of carbonyl (C=O) groups is 1. The minimum Gasteiger partial charge on any atom is -0.507 e. The zero-order valence-electron chi connectivity index (χ0n) is 10.6. The van der Waals surface area contributed by atoms with Gasteiger partial charge in [-0.2, -0.15) is 0 Å². The average Bonchev–Trinajstić information content (AvgIpc) is 2.47. The van der Waals surface area contributed by atoms with Crippen molar-refractivity contribution in [2.45, 2.75) is 11.9 Å². The molecule has 0 saturated carbocycles. The number of amides is 1. The van der Waals surface area contributed by atoms with Gasteiger partial charge in [0.2, 0.25) is 0 Å². The van der Waals surface area contributed by atoms with Crippen molar-refractivity contribution in [3.8, 4) is 5.75 Å². The summed E-state index contributed by atoms with van der Waals surface area (Å²) in [5, 5.41) is 13.2. The van der Waals surface area contributed by atoms with Crippen LogP contribution < -0.4 is 5.32 Å². The Bertz CT molecular complexity index is 629. The van der Waals surface area contributed by atoms with E-state index >= 15 is 0 Å². The average molecular weight is 399 g/mol. The molecule has 2 aromatic rings. The van der Waals surface area contributed by atoms with Crippen LogP contribution in [-0.2, 0) is 11.9 Å². The number of rotatable bonds is 4. The molecule has 0 aromatic heterocycles. The van der Waals surface area contributed by atoms with Crippen LogP contribution in [0.25, 0.3) is 0 Å². The monoisotopic (exact) mass is 397 g/mol. The minimum atomic E-state index is -0.211. The van der Waals surface area contributed by atoms with Crippen LogP contribution in [0.15, 0.2) is 46.9 Å². The predicted octanol–water partition coefficient (Wildman–Crippen LogP) is 3.98. The fraction of sp³-hybridized carbons (Fsp3) is 0.133. The fourth-order valence-corrected chi connectivity index (χ4v) is 2.36. The van der Waals surface area contributed by atoms with E-state index in [-0.39, 0.29) is 11.7 Å². The highest BCUT2D eigenvalue weighted by atomic mass is 79.9. The Hall–Kier alpha value is -1.33. The lowest BCUT2D eigenvalue weighted by molar-refractivity contribution is 0.0950. The van der Waals surface area contributed by atoms with Crippen molar-refractivity contribution in [2.75, 3.05) is 0 Å². The maximum Gasteiger partial charge on any atom is 0.251 e. The Morgan fingerprint density at radius 3 is 2.60 bits per heavy atom. The molecule has 20 heavy (non-hydrogen) atoms. The van der Waals surface area contributed by atoms with E-state index in [1.165, 1.54) is 6.07 Å². The Labute approximate surface area is 134 Å². The second-order valence-electron chi connectivity index (χ2n) is 4.30. The quantitative estimate of drug-likeness (QED) is 0.765. The number of aromatic hydroxyl groups is 1. The van der Waals surface area contributed by atoms with E-state index in [9.17, 15) is 9.90 Å². The highest BCUT2D eigenvalue weighted by molar-refractivity contribution is 9.10. The Kier molecular flexibility index (Phi) is 5.20. The molecule has 2 N–H and O–H groups in total. The Morgan fingerprint density at radius 2 is 1.90 bits per heavy atom. The smallest absolute Gasteiger partial charge is 0.251 e. The summed E-state index contributed by atoms with van der Waals surface area (Å²) in [7, 11) is 0. The molecule has 0 saturated heterocycles. The number of benzene rings is 2. The summed E-state index contributed by atoms with van der Waals surface area (Å²) in [5.41, 5.74) is 2.64. The lowest BCUT2D eigenvalue weighted by Gasteiger charge is -2.07. The first-order chi connectivity index (χ1) is 9.60. The van der Waals surface area contributed by atoms with Crippen LogP contribution in [0.2, 0.25) is 0 Å². The second kappa shape index (κ2) is 6.90. The SMILES string of the molecule is O=C(NCc1cccc(CBr)c1)c1ccc(Br)c(O)c1.